The van der Waals surface area contributed by atoms with Gasteiger partial charge in [0.1, 0.15) is 0 Å². The van der Waals surface area contributed by atoms with Crippen LogP contribution in [0.5, 0.6) is 0 Å². The largest absolute Gasteiger partial charge is 0.462 e. The summed E-state index contributed by atoms with van der Waals surface area (Å²) in [6.45, 7) is -3.18. The molecule has 0 aromatic carbocycles. The topological polar surface area (TPSA) is 9.23 Å². The number of rotatable bonds is 5. The lowest BCUT2D eigenvalue weighted by atomic mass is 10.1. The van der Waals surface area contributed by atoms with Crippen LogP contribution in [0.4, 0.5) is 61.5 Å². The van der Waals surface area contributed by atoms with Crippen molar-refractivity contribution in [3.05, 3.63) is 11.8 Å². The minimum absolute atomic E-state index is 2.58. The van der Waals surface area contributed by atoms with Gasteiger partial charge in [-0.3, -0.25) is 0 Å². The molecular weight excluding hydrogens is 378 g/mol. The van der Waals surface area contributed by atoms with Crippen molar-refractivity contribution in [2.45, 2.75) is 30.1 Å². The third kappa shape index (κ3) is 4.10. The number of allylic oxidation sites excluding steroid dienone is 1. The van der Waals surface area contributed by atoms with E-state index in [-0.39, 0.29) is 0 Å². The van der Waals surface area contributed by atoms with Gasteiger partial charge in [-0.1, -0.05) is 0 Å². The maximum absolute atomic E-state index is 12.6. The first-order chi connectivity index (χ1) is 9.79. The molecule has 0 saturated carbocycles. The Bertz CT molecular complexity index is 454. The summed E-state index contributed by atoms with van der Waals surface area (Å²) in [6.07, 6.45) is -13.5. The van der Waals surface area contributed by atoms with Crippen LogP contribution >= 0.6 is 0 Å². The summed E-state index contributed by atoms with van der Waals surface area (Å²) >= 11 is 0. The molecule has 0 amide bonds. The Morgan fingerprint density at radius 1 is 0.652 bits per heavy atom. The second-order valence-electron chi connectivity index (χ2n) is 3.73. The molecule has 0 radical (unpaired) electrons. The highest BCUT2D eigenvalue weighted by molar-refractivity contribution is 5.13. The Hall–Kier alpha value is -1.44. The Morgan fingerprint density at radius 2 is 1.04 bits per heavy atom. The van der Waals surface area contributed by atoms with Gasteiger partial charge in [0.15, 0.2) is 6.61 Å². The molecule has 1 nitrogen and oxygen atoms in total. The van der Waals surface area contributed by atoms with E-state index in [1.807, 2.05) is 0 Å². The number of hydrogen-bond donors (Lipinski definition) is 0. The van der Waals surface area contributed by atoms with E-state index in [9.17, 15) is 61.5 Å². The highest BCUT2D eigenvalue weighted by Gasteiger charge is 2.76. The van der Waals surface area contributed by atoms with Crippen molar-refractivity contribution in [2.75, 3.05) is 6.61 Å². The predicted octanol–water partition coefficient (Wildman–Crippen LogP) is 5.14. The number of alkyl halides is 12. The normalized spacial score (nSPS) is 16.3. The lowest BCUT2D eigenvalue weighted by Crippen LogP contribution is -2.52. The van der Waals surface area contributed by atoms with Gasteiger partial charge < -0.3 is 4.74 Å². The SMILES string of the molecule is FC(OCC(F)(F)C(F)(F)F)=C(F)C(F)(F)C(F)(F)C(F)(F)F. The molecule has 0 unspecified atom stereocenters. The second kappa shape index (κ2) is 5.89. The molecule has 0 rings (SSSR count). The van der Waals surface area contributed by atoms with Crippen LogP contribution in [0.2, 0.25) is 0 Å². The van der Waals surface area contributed by atoms with E-state index in [2.05, 4.69) is 4.74 Å². The average Bonchev–Trinajstić information content (AvgIpc) is 2.31. The molecule has 0 heterocycles. The van der Waals surface area contributed by atoms with Crippen LogP contribution in [0.25, 0.3) is 0 Å². The van der Waals surface area contributed by atoms with Gasteiger partial charge in [-0.15, -0.1) is 0 Å². The molecule has 0 bridgehead atoms. The molecular formula is C8H2F14O. The van der Waals surface area contributed by atoms with Crippen molar-refractivity contribution in [1.29, 1.82) is 0 Å². The monoisotopic (exact) mass is 380 g/mol. The molecule has 0 aliphatic heterocycles. The van der Waals surface area contributed by atoms with Crippen LogP contribution in [0.1, 0.15) is 0 Å². The molecule has 0 aromatic heterocycles. The lowest BCUT2D eigenvalue weighted by Gasteiger charge is -2.27. The Balaban J connectivity index is 5.48. The van der Waals surface area contributed by atoms with Crippen molar-refractivity contribution >= 4 is 0 Å². The number of hydrogen-bond acceptors (Lipinski definition) is 1. The molecule has 138 valence electrons. The summed E-state index contributed by atoms with van der Waals surface area (Å²) in [6, 6.07) is -3.79. The number of ether oxygens (including phenoxy) is 1. The minimum atomic E-state index is -7.20. The van der Waals surface area contributed by atoms with Crippen LogP contribution in [0, 0.1) is 0 Å². The fourth-order valence-electron chi connectivity index (χ4n) is 0.738. The molecule has 0 aliphatic rings. The second-order valence-corrected chi connectivity index (χ2v) is 3.73. The predicted molar refractivity (Wildman–Crippen MR) is 42.1 cm³/mol. The lowest BCUT2D eigenvalue weighted by molar-refractivity contribution is -0.348. The van der Waals surface area contributed by atoms with Gasteiger partial charge in [0.25, 0.3) is 0 Å². The fourth-order valence-corrected chi connectivity index (χ4v) is 0.738. The first-order valence-electron chi connectivity index (χ1n) is 4.74. The minimum Gasteiger partial charge on any atom is -0.462 e. The zero-order valence-corrected chi connectivity index (χ0v) is 9.91. The van der Waals surface area contributed by atoms with Crippen LogP contribution < -0.4 is 0 Å². The standard InChI is InChI=1S/C8H2F14O/c9-2(5(13,14)6(15,16)8(20,21)22)3(10)23-1-4(11,12)7(17,18)19/h1H2. The summed E-state index contributed by atoms with van der Waals surface area (Å²) in [5, 5.41) is 0. The van der Waals surface area contributed by atoms with E-state index in [0.717, 1.165) is 0 Å². The van der Waals surface area contributed by atoms with E-state index >= 15 is 0 Å². The summed E-state index contributed by atoms with van der Waals surface area (Å²) in [7, 11) is 0. The molecule has 15 heteroatoms. The molecule has 0 atom stereocenters. The van der Waals surface area contributed by atoms with Crippen molar-refractivity contribution < 1.29 is 66.2 Å². The van der Waals surface area contributed by atoms with Crippen LogP contribution in [0.3, 0.4) is 0 Å². The van der Waals surface area contributed by atoms with Crippen molar-refractivity contribution in [3.8, 4) is 0 Å². The van der Waals surface area contributed by atoms with Gasteiger partial charge in [-0.2, -0.15) is 61.5 Å². The zero-order valence-electron chi connectivity index (χ0n) is 9.91. The third-order valence-electron chi connectivity index (χ3n) is 1.99. The fraction of sp³-hybridized carbons (Fsp3) is 0.750. The quantitative estimate of drug-likeness (QED) is 0.474. The smallest absolute Gasteiger partial charge is 0.460 e. The zero-order chi connectivity index (χ0) is 19.1. The third-order valence-corrected chi connectivity index (χ3v) is 1.99. The summed E-state index contributed by atoms with van der Waals surface area (Å²) in [5.74, 6) is -24.4. The Morgan fingerprint density at radius 3 is 1.35 bits per heavy atom. The molecule has 0 aliphatic carbocycles. The maximum atomic E-state index is 12.6. The molecule has 0 N–H and O–H groups in total. The Labute approximate surface area is 116 Å². The van der Waals surface area contributed by atoms with Gasteiger partial charge >= 0.3 is 36.1 Å². The average molecular weight is 380 g/mol. The van der Waals surface area contributed by atoms with E-state index < -0.39 is 48.6 Å². The van der Waals surface area contributed by atoms with E-state index in [1.165, 1.54) is 0 Å². The van der Waals surface area contributed by atoms with Gasteiger partial charge in [0.2, 0.25) is 5.83 Å². The Kier molecular flexibility index (Phi) is 5.52. The molecule has 0 fully saturated rings. The van der Waals surface area contributed by atoms with E-state index in [1.54, 1.807) is 0 Å². The highest BCUT2D eigenvalue weighted by Crippen LogP contribution is 2.51. The number of halogens is 14. The van der Waals surface area contributed by atoms with Gasteiger partial charge in [0, 0.05) is 0 Å². The molecule has 0 spiro atoms. The summed E-state index contributed by atoms with van der Waals surface area (Å²) < 4.78 is 171. The van der Waals surface area contributed by atoms with Crippen LogP contribution in [0.15, 0.2) is 11.8 Å². The highest BCUT2D eigenvalue weighted by atomic mass is 19.4. The van der Waals surface area contributed by atoms with Crippen molar-refractivity contribution in [3.63, 3.8) is 0 Å². The summed E-state index contributed by atoms with van der Waals surface area (Å²) in [4.78, 5) is 0. The van der Waals surface area contributed by atoms with Crippen molar-refractivity contribution in [2.24, 2.45) is 0 Å². The first kappa shape index (κ1) is 21.6. The van der Waals surface area contributed by atoms with E-state index in [0.29, 0.717) is 0 Å². The summed E-state index contributed by atoms with van der Waals surface area (Å²) in [5.41, 5.74) is 0. The van der Waals surface area contributed by atoms with Gasteiger partial charge in [-0.05, 0) is 0 Å². The van der Waals surface area contributed by atoms with E-state index in [4.69, 9.17) is 0 Å². The maximum Gasteiger partial charge on any atom is 0.460 e. The first-order valence-corrected chi connectivity index (χ1v) is 4.74. The molecule has 0 saturated heterocycles. The molecule has 0 aromatic rings. The van der Waals surface area contributed by atoms with Crippen LogP contribution in [-0.2, 0) is 4.74 Å². The molecule has 23 heavy (non-hydrogen) atoms. The van der Waals surface area contributed by atoms with Crippen molar-refractivity contribution in [1.82, 2.24) is 0 Å². The van der Waals surface area contributed by atoms with Gasteiger partial charge in [-0.25, -0.2) is 0 Å². The van der Waals surface area contributed by atoms with Crippen LogP contribution in [-0.4, -0.2) is 36.7 Å². The van der Waals surface area contributed by atoms with Gasteiger partial charge in [0.05, 0.1) is 0 Å².